The number of nitrogens with zero attached hydrogens (tertiary/aromatic N) is 1. The Morgan fingerprint density at radius 3 is 2.54 bits per heavy atom. The molecule has 0 fully saturated rings. The normalized spacial score (nSPS) is 10.8. The Balaban J connectivity index is 1.84. The fourth-order valence-electron chi connectivity index (χ4n) is 1.84. The number of carbonyl (C=O) groups is 2. The van der Waals surface area contributed by atoms with Gasteiger partial charge < -0.3 is 9.64 Å². The van der Waals surface area contributed by atoms with E-state index in [-0.39, 0.29) is 12.5 Å². The van der Waals surface area contributed by atoms with Gasteiger partial charge in [-0.25, -0.2) is 4.79 Å². The minimum atomic E-state index is -0.635. The third-order valence-electron chi connectivity index (χ3n) is 3.12. The molecule has 1 aromatic carbocycles. The smallest absolute Gasteiger partial charge is 0.331 e. The van der Waals surface area contributed by atoms with Gasteiger partial charge in [0, 0.05) is 33.6 Å². The van der Waals surface area contributed by atoms with Gasteiger partial charge in [-0.1, -0.05) is 35.3 Å². The van der Waals surface area contributed by atoms with Crippen molar-refractivity contribution in [2.75, 3.05) is 13.7 Å². The number of ether oxygens (including phenoxy) is 1. The summed E-state index contributed by atoms with van der Waals surface area (Å²) in [4.78, 5) is 26.2. The molecule has 0 bridgehead atoms. The molecular weight excluding hydrogens is 369 g/mol. The topological polar surface area (TPSA) is 46.6 Å². The Morgan fingerprint density at radius 1 is 1.21 bits per heavy atom. The van der Waals surface area contributed by atoms with E-state index < -0.39 is 5.97 Å². The number of carbonyl (C=O) groups excluding carboxylic acids is 2. The summed E-state index contributed by atoms with van der Waals surface area (Å²) in [6, 6.07) is 8.91. The van der Waals surface area contributed by atoms with Crippen LogP contribution in [0.2, 0.25) is 10.0 Å². The van der Waals surface area contributed by atoms with E-state index in [0.717, 1.165) is 4.88 Å². The summed E-state index contributed by atoms with van der Waals surface area (Å²) < 4.78 is 4.95. The quantitative estimate of drug-likeness (QED) is 0.552. The first-order valence-electron chi connectivity index (χ1n) is 7.02. The Kier molecular flexibility index (Phi) is 6.85. The molecule has 24 heavy (non-hydrogen) atoms. The zero-order valence-electron chi connectivity index (χ0n) is 12.9. The summed E-state index contributed by atoms with van der Waals surface area (Å²) in [6.45, 7) is 0.167. The third kappa shape index (κ3) is 5.37. The van der Waals surface area contributed by atoms with Crippen LogP contribution in [0.1, 0.15) is 10.4 Å². The Hall–Kier alpha value is -1.82. The average molecular weight is 384 g/mol. The second-order valence-corrected chi connectivity index (χ2v) is 6.75. The Bertz CT molecular complexity index is 724. The van der Waals surface area contributed by atoms with E-state index in [0.29, 0.717) is 22.2 Å². The molecule has 0 N–H and O–H groups in total. The van der Waals surface area contributed by atoms with Crippen molar-refractivity contribution in [1.82, 2.24) is 4.90 Å². The first kappa shape index (κ1) is 18.5. The lowest BCUT2D eigenvalue weighted by molar-refractivity contribution is -0.147. The van der Waals surface area contributed by atoms with E-state index >= 15 is 0 Å². The first-order chi connectivity index (χ1) is 11.5. The van der Waals surface area contributed by atoms with E-state index in [1.54, 1.807) is 36.6 Å². The van der Waals surface area contributed by atoms with Crippen LogP contribution in [0, 0.1) is 0 Å². The van der Waals surface area contributed by atoms with Crippen LogP contribution in [0.15, 0.2) is 41.8 Å². The van der Waals surface area contributed by atoms with Gasteiger partial charge in [-0.3, -0.25) is 4.79 Å². The van der Waals surface area contributed by atoms with Crippen LogP contribution >= 0.6 is 34.5 Å². The average Bonchev–Trinajstić information content (AvgIpc) is 3.05. The molecule has 1 heterocycles. The summed E-state index contributed by atoms with van der Waals surface area (Å²) in [7, 11) is 1.66. The fraction of sp³-hybridized carbons (Fsp3) is 0.176. The van der Waals surface area contributed by atoms with Crippen LogP contribution in [0.3, 0.4) is 0 Å². The van der Waals surface area contributed by atoms with Crippen molar-refractivity contribution in [3.63, 3.8) is 0 Å². The molecule has 0 aliphatic carbocycles. The molecule has 0 spiro atoms. The predicted octanol–water partition coefficient (Wildman–Crippen LogP) is 4.27. The van der Waals surface area contributed by atoms with Crippen molar-refractivity contribution in [2.24, 2.45) is 0 Å². The molecule has 0 aliphatic heterocycles. The van der Waals surface area contributed by atoms with Crippen molar-refractivity contribution < 1.29 is 14.3 Å². The van der Waals surface area contributed by atoms with E-state index in [1.807, 2.05) is 17.5 Å². The lowest BCUT2D eigenvalue weighted by Crippen LogP contribution is -2.30. The molecule has 4 nitrogen and oxygen atoms in total. The zero-order chi connectivity index (χ0) is 17.5. The second-order valence-electron chi connectivity index (χ2n) is 4.91. The number of hydrogen-bond acceptors (Lipinski definition) is 4. The summed E-state index contributed by atoms with van der Waals surface area (Å²) in [5, 5.41) is 2.80. The number of hydrogen-bond donors (Lipinski definition) is 0. The van der Waals surface area contributed by atoms with Crippen molar-refractivity contribution >= 4 is 52.5 Å². The maximum atomic E-state index is 11.9. The summed E-state index contributed by atoms with van der Waals surface area (Å²) >= 11 is 13.6. The molecule has 0 radical (unpaired) electrons. The van der Waals surface area contributed by atoms with E-state index in [1.165, 1.54) is 17.1 Å². The van der Waals surface area contributed by atoms with Crippen molar-refractivity contribution in [1.29, 1.82) is 0 Å². The minimum absolute atomic E-state index is 0.277. The van der Waals surface area contributed by atoms with E-state index in [9.17, 15) is 9.59 Å². The van der Waals surface area contributed by atoms with Gasteiger partial charge in [0.1, 0.15) is 0 Å². The Morgan fingerprint density at radius 2 is 1.92 bits per heavy atom. The highest BCUT2D eigenvalue weighted by Gasteiger charge is 2.12. The van der Waals surface area contributed by atoms with E-state index in [2.05, 4.69) is 0 Å². The maximum Gasteiger partial charge on any atom is 0.331 e. The van der Waals surface area contributed by atoms with Crippen LogP contribution < -0.4 is 0 Å². The highest BCUT2D eigenvalue weighted by Crippen LogP contribution is 2.25. The molecule has 0 unspecified atom stereocenters. The summed E-state index contributed by atoms with van der Waals surface area (Å²) in [5.74, 6) is -0.912. The van der Waals surface area contributed by atoms with Gasteiger partial charge >= 0.3 is 5.97 Å². The monoisotopic (exact) mass is 383 g/mol. The van der Waals surface area contributed by atoms with Crippen molar-refractivity contribution in [3.05, 3.63) is 62.3 Å². The SMILES string of the molecule is CN(Cc1cccs1)C(=O)COC(=O)/C=C/c1c(Cl)cccc1Cl. The molecular formula is C17H15Cl2NO3S. The van der Waals surface area contributed by atoms with Gasteiger partial charge in [-0.15, -0.1) is 11.3 Å². The van der Waals surface area contributed by atoms with Gasteiger partial charge in [0.05, 0.1) is 6.54 Å². The van der Waals surface area contributed by atoms with Gasteiger partial charge in [-0.2, -0.15) is 0 Å². The number of benzene rings is 1. The van der Waals surface area contributed by atoms with Gasteiger partial charge in [0.15, 0.2) is 6.61 Å². The van der Waals surface area contributed by atoms with Crippen LogP contribution in [0.4, 0.5) is 0 Å². The summed E-state index contributed by atoms with van der Waals surface area (Å²) in [5.41, 5.74) is 0.527. The molecule has 1 aromatic heterocycles. The van der Waals surface area contributed by atoms with Crippen molar-refractivity contribution in [2.45, 2.75) is 6.54 Å². The maximum absolute atomic E-state index is 11.9. The summed E-state index contributed by atoms with van der Waals surface area (Å²) in [6.07, 6.45) is 2.66. The zero-order valence-corrected chi connectivity index (χ0v) is 15.2. The number of halogens is 2. The number of rotatable bonds is 6. The standard InChI is InChI=1S/C17H15Cl2NO3S/c1-20(10-12-4-3-9-24-12)16(21)11-23-17(22)8-7-13-14(18)5-2-6-15(13)19/h2-9H,10-11H2,1H3/b8-7+. The number of esters is 1. The van der Waals surface area contributed by atoms with Crippen LogP contribution in [0.25, 0.3) is 6.08 Å². The lowest BCUT2D eigenvalue weighted by atomic mass is 10.2. The van der Waals surface area contributed by atoms with Gasteiger partial charge in [-0.05, 0) is 29.7 Å². The lowest BCUT2D eigenvalue weighted by Gasteiger charge is -2.15. The Labute approximate surface area is 154 Å². The molecule has 0 saturated carbocycles. The molecule has 0 atom stereocenters. The molecule has 1 amide bonds. The fourth-order valence-corrected chi connectivity index (χ4v) is 3.12. The molecule has 0 saturated heterocycles. The highest BCUT2D eigenvalue weighted by molar-refractivity contribution is 7.09. The largest absolute Gasteiger partial charge is 0.452 e. The van der Waals surface area contributed by atoms with Gasteiger partial charge in [0.25, 0.3) is 5.91 Å². The van der Waals surface area contributed by atoms with Crippen LogP contribution in [-0.2, 0) is 20.9 Å². The predicted molar refractivity (Wildman–Crippen MR) is 97.2 cm³/mol. The van der Waals surface area contributed by atoms with Crippen molar-refractivity contribution in [3.8, 4) is 0 Å². The number of likely N-dealkylation sites (N-methyl/N-ethyl adjacent to an activating group) is 1. The molecule has 2 aromatic rings. The molecule has 126 valence electrons. The third-order valence-corrected chi connectivity index (χ3v) is 4.64. The first-order valence-corrected chi connectivity index (χ1v) is 8.66. The van der Waals surface area contributed by atoms with Gasteiger partial charge in [0.2, 0.25) is 0 Å². The van der Waals surface area contributed by atoms with Crippen LogP contribution in [-0.4, -0.2) is 30.4 Å². The molecule has 2 rings (SSSR count). The molecule has 0 aliphatic rings. The van der Waals surface area contributed by atoms with E-state index in [4.69, 9.17) is 27.9 Å². The van der Waals surface area contributed by atoms with Crippen LogP contribution in [0.5, 0.6) is 0 Å². The molecule has 7 heteroatoms. The number of amides is 1. The number of thiophene rings is 1. The minimum Gasteiger partial charge on any atom is -0.452 e. The highest BCUT2D eigenvalue weighted by atomic mass is 35.5. The second kappa shape index (κ2) is 8.87.